The molecule has 7 heteroatoms. The third-order valence-corrected chi connectivity index (χ3v) is 5.99. The highest BCUT2D eigenvalue weighted by atomic mass is 79.9. The van der Waals surface area contributed by atoms with Crippen LogP contribution in [0.25, 0.3) is 6.08 Å². The van der Waals surface area contributed by atoms with Crippen LogP contribution in [0.2, 0.25) is 0 Å². The van der Waals surface area contributed by atoms with Gasteiger partial charge in [0.2, 0.25) is 11.5 Å². The quantitative estimate of drug-likeness (QED) is 0.661. The molecule has 0 bridgehead atoms. The largest absolute Gasteiger partial charge is 0.494 e. The van der Waals surface area contributed by atoms with E-state index in [1.165, 1.54) is 7.11 Å². The smallest absolute Gasteiger partial charge is 0.224 e. The van der Waals surface area contributed by atoms with Gasteiger partial charge in [0, 0.05) is 11.0 Å². The lowest BCUT2D eigenvalue weighted by Crippen LogP contribution is -2.46. The summed E-state index contributed by atoms with van der Waals surface area (Å²) in [5, 5.41) is 0. The molecule has 2 aliphatic rings. The molecule has 1 aliphatic carbocycles. The molecule has 0 unspecified atom stereocenters. The highest BCUT2D eigenvalue weighted by molar-refractivity contribution is 9.10. The molecular formula is C21H24BrNO5. The molecule has 1 aliphatic heterocycles. The zero-order valence-corrected chi connectivity index (χ0v) is 18.3. The first-order valence-corrected chi connectivity index (χ1v) is 9.62. The van der Waals surface area contributed by atoms with Gasteiger partial charge in [0.05, 0.1) is 28.4 Å². The fourth-order valence-electron chi connectivity index (χ4n) is 3.87. The van der Waals surface area contributed by atoms with Gasteiger partial charge >= 0.3 is 0 Å². The number of nitrogens with zero attached hydrogens (tertiary/aromatic N) is 1. The topological polar surface area (TPSA) is 57.2 Å². The predicted molar refractivity (Wildman–Crippen MR) is 110 cm³/mol. The Hall–Kier alpha value is -2.25. The van der Waals surface area contributed by atoms with Gasteiger partial charge in [0.15, 0.2) is 17.3 Å². The van der Waals surface area contributed by atoms with E-state index in [4.69, 9.17) is 18.9 Å². The van der Waals surface area contributed by atoms with Crippen molar-refractivity contribution in [3.05, 3.63) is 51.4 Å². The number of likely N-dealkylation sites (N-methyl/N-ethyl adjacent to an activating group) is 1. The Kier molecular flexibility index (Phi) is 5.86. The minimum atomic E-state index is -0.666. The van der Waals surface area contributed by atoms with Gasteiger partial charge in [-0.25, -0.2) is 0 Å². The van der Waals surface area contributed by atoms with Crippen LogP contribution in [-0.2, 0) is 14.3 Å². The molecule has 1 aromatic rings. The number of likely N-dealkylation sites (tertiary alicyclic amines) is 1. The summed E-state index contributed by atoms with van der Waals surface area (Å²) in [7, 11) is 8.27. The molecule has 1 fully saturated rings. The Morgan fingerprint density at radius 1 is 1.07 bits per heavy atom. The van der Waals surface area contributed by atoms with Crippen LogP contribution in [0, 0.1) is 0 Å². The van der Waals surface area contributed by atoms with E-state index in [1.54, 1.807) is 27.4 Å². The van der Waals surface area contributed by atoms with E-state index in [0.29, 0.717) is 17.3 Å². The Balaban J connectivity index is 2.14. The van der Waals surface area contributed by atoms with Crippen molar-refractivity contribution in [3.8, 4) is 11.5 Å². The molecule has 6 nitrogen and oxygen atoms in total. The van der Waals surface area contributed by atoms with Crippen LogP contribution < -0.4 is 9.47 Å². The first-order chi connectivity index (χ1) is 13.4. The summed E-state index contributed by atoms with van der Waals surface area (Å²) in [4.78, 5) is 14.6. The van der Waals surface area contributed by atoms with E-state index < -0.39 is 5.54 Å². The van der Waals surface area contributed by atoms with Crippen molar-refractivity contribution in [2.75, 3.05) is 42.0 Å². The van der Waals surface area contributed by atoms with E-state index >= 15 is 0 Å². The minimum Gasteiger partial charge on any atom is -0.494 e. The van der Waals surface area contributed by atoms with Crippen molar-refractivity contribution in [2.24, 2.45) is 0 Å². The highest BCUT2D eigenvalue weighted by Crippen LogP contribution is 2.46. The van der Waals surface area contributed by atoms with Crippen LogP contribution >= 0.6 is 15.9 Å². The molecule has 0 N–H and O–H groups in total. The summed E-state index contributed by atoms with van der Waals surface area (Å²) < 4.78 is 22.7. The average Bonchev–Trinajstić information content (AvgIpc) is 3.01. The van der Waals surface area contributed by atoms with E-state index in [-0.39, 0.29) is 11.5 Å². The third kappa shape index (κ3) is 3.12. The second-order valence-corrected chi connectivity index (χ2v) is 7.45. The van der Waals surface area contributed by atoms with Crippen molar-refractivity contribution >= 4 is 27.8 Å². The van der Waals surface area contributed by atoms with E-state index in [1.807, 2.05) is 31.3 Å². The Labute approximate surface area is 173 Å². The minimum absolute atomic E-state index is 0.166. The Bertz CT molecular complexity index is 889. The number of hydrogen-bond acceptors (Lipinski definition) is 6. The number of ketones is 1. The number of fused-ring (bicyclic) bond motifs is 1. The number of benzene rings is 1. The second kappa shape index (κ2) is 8.01. The maximum absolute atomic E-state index is 12.4. The monoisotopic (exact) mass is 449 g/mol. The van der Waals surface area contributed by atoms with Gasteiger partial charge in [-0.2, -0.15) is 0 Å². The van der Waals surface area contributed by atoms with Crippen molar-refractivity contribution < 1.29 is 23.7 Å². The van der Waals surface area contributed by atoms with Crippen molar-refractivity contribution in [3.63, 3.8) is 0 Å². The number of halogens is 1. The standard InChI is InChI=1S/C21H24BrNO5/c1-23-9-7-14-11-16(24)19(27-4)20(28-5)21(14,23)8-6-13-10-17(25-2)18(26-3)12-15(13)22/h6,8,10-12H,7,9H2,1-5H3/b8-6-/t21-/m0/s1. The summed E-state index contributed by atoms with van der Waals surface area (Å²) in [6.07, 6.45) is 6.48. The molecule has 150 valence electrons. The van der Waals surface area contributed by atoms with Gasteiger partial charge < -0.3 is 18.9 Å². The molecule has 0 amide bonds. The molecule has 28 heavy (non-hydrogen) atoms. The van der Waals surface area contributed by atoms with Crippen molar-refractivity contribution in [1.29, 1.82) is 0 Å². The van der Waals surface area contributed by atoms with E-state index in [2.05, 4.69) is 20.8 Å². The van der Waals surface area contributed by atoms with Gasteiger partial charge in [-0.3, -0.25) is 9.69 Å². The molecule has 3 rings (SSSR count). The van der Waals surface area contributed by atoms with Crippen LogP contribution in [0.15, 0.2) is 45.8 Å². The van der Waals surface area contributed by atoms with Gasteiger partial charge in [-0.15, -0.1) is 0 Å². The Morgan fingerprint density at radius 2 is 1.75 bits per heavy atom. The van der Waals surface area contributed by atoms with Gasteiger partial charge in [-0.05, 0) is 42.8 Å². The molecule has 0 aromatic heterocycles. The summed E-state index contributed by atoms with van der Waals surface area (Å²) in [6, 6.07) is 3.76. The molecular weight excluding hydrogens is 426 g/mol. The molecule has 0 radical (unpaired) electrons. The first kappa shape index (κ1) is 20.5. The van der Waals surface area contributed by atoms with Crippen LogP contribution in [0.3, 0.4) is 0 Å². The van der Waals surface area contributed by atoms with Gasteiger partial charge in [-0.1, -0.05) is 28.1 Å². The lowest BCUT2D eigenvalue weighted by molar-refractivity contribution is -0.115. The summed E-state index contributed by atoms with van der Waals surface area (Å²) in [5.41, 5.74) is 1.24. The predicted octanol–water partition coefficient (Wildman–Crippen LogP) is 3.57. The zero-order chi connectivity index (χ0) is 20.5. The van der Waals surface area contributed by atoms with Crippen molar-refractivity contribution in [2.45, 2.75) is 12.0 Å². The first-order valence-electron chi connectivity index (χ1n) is 8.83. The molecule has 0 spiro atoms. The summed E-state index contributed by atoms with van der Waals surface area (Å²) in [6.45, 7) is 0.806. The number of ether oxygens (including phenoxy) is 4. The number of carbonyl (C=O) groups is 1. The number of hydrogen-bond donors (Lipinski definition) is 0. The van der Waals surface area contributed by atoms with Crippen LogP contribution in [0.5, 0.6) is 11.5 Å². The van der Waals surface area contributed by atoms with E-state index in [0.717, 1.165) is 28.6 Å². The number of carbonyl (C=O) groups excluding carboxylic acids is 1. The fourth-order valence-corrected chi connectivity index (χ4v) is 4.32. The van der Waals surface area contributed by atoms with E-state index in [9.17, 15) is 4.79 Å². The SMILES string of the molecule is COC1=C(OC)[C@]2(/C=C\c3cc(OC)c(OC)cc3Br)C(=CC1=O)CCN2C. The molecule has 0 saturated carbocycles. The van der Waals surface area contributed by atoms with Gasteiger partial charge in [0.1, 0.15) is 5.54 Å². The highest BCUT2D eigenvalue weighted by Gasteiger charge is 2.50. The summed E-state index contributed by atoms with van der Waals surface area (Å²) in [5.74, 6) is 1.85. The molecule has 1 atom stereocenters. The maximum Gasteiger partial charge on any atom is 0.224 e. The fraction of sp³-hybridized carbons (Fsp3) is 0.381. The normalized spacial score (nSPS) is 22.4. The molecule has 1 saturated heterocycles. The summed E-state index contributed by atoms with van der Waals surface area (Å²) >= 11 is 3.59. The zero-order valence-electron chi connectivity index (χ0n) is 16.7. The number of rotatable bonds is 6. The Morgan fingerprint density at radius 3 is 2.36 bits per heavy atom. The number of methoxy groups -OCH3 is 4. The van der Waals surface area contributed by atoms with Crippen LogP contribution in [0.4, 0.5) is 0 Å². The van der Waals surface area contributed by atoms with Crippen LogP contribution in [0.1, 0.15) is 12.0 Å². The maximum atomic E-state index is 12.4. The molecule has 1 aromatic carbocycles. The average molecular weight is 450 g/mol. The van der Waals surface area contributed by atoms with Crippen molar-refractivity contribution in [1.82, 2.24) is 4.90 Å². The lowest BCUT2D eigenvalue weighted by atomic mass is 9.82. The molecule has 1 heterocycles. The van der Waals surface area contributed by atoms with Crippen LogP contribution in [-0.4, -0.2) is 58.3 Å². The number of allylic oxidation sites excluding steroid dienone is 1. The third-order valence-electron chi connectivity index (χ3n) is 5.30. The lowest BCUT2D eigenvalue weighted by Gasteiger charge is -2.38. The van der Waals surface area contributed by atoms with Gasteiger partial charge in [0.25, 0.3) is 0 Å². The second-order valence-electron chi connectivity index (χ2n) is 6.60.